The second kappa shape index (κ2) is 6.34. The minimum absolute atomic E-state index is 0.0329. The predicted molar refractivity (Wildman–Crippen MR) is 89.4 cm³/mol. The number of likely N-dealkylation sites (tertiary alicyclic amines) is 1. The molecule has 1 aromatic carbocycles. The van der Waals surface area contributed by atoms with Gasteiger partial charge in [0.25, 0.3) is 5.91 Å². The predicted octanol–water partition coefficient (Wildman–Crippen LogP) is 2.03. The normalized spacial score (nSPS) is 20.5. The van der Waals surface area contributed by atoms with Crippen LogP contribution >= 0.6 is 0 Å². The number of hydrogen-bond acceptors (Lipinski definition) is 5. The van der Waals surface area contributed by atoms with E-state index in [4.69, 9.17) is 5.73 Å². The number of nitrogens with two attached hydrogens (primary N) is 1. The number of amides is 1. The second-order valence-electron chi connectivity index (χ2n) is 6.29. The van der Waals surface area contributed by atoms with Crippen LogP contribution in [-0.2, 0) is 0 Å². The van der Waals surface area contributed by atoms with Crippen molar-refractivity contribution < 1.29 is 4.79 Å². The number of anilines is 2. The Labute approximate surface area is 135 Å². The lowest BCUT2D eigenvalue weighted by molar-refractivity contribution is 0.0777. The number of carbonyl (C=O) groups excluding carboxylic acids is 1. The maximum Gasteiger partial charge on any atom is 0.253 e. The third kappa shape index (κ3) is 3.48. The van der Waals surface area contributed by atoms with Crippen LogP contribution in [0.3, 0.4) is 0 Å². The molecule has 23 heavy (non-hydrogen) atoms. The van der Waals surface area contributed by atoms with Gasteiger partial charge in [0, 0.05) is 36.7 Å². The van der Waals surface area contributed by atoms with Crippen molar-refractivity contribution in [3.8, 4) is 0 Å². The van der Waals surface area contributed by atoms with Crippen molar-refractivity contribution in [2.24, 2.45) is 11.1 Å². The van der Waals surface area contributed by atoms with E-state index in [0.29, 0.717) is 24.5 Å². The van der Waals surface area contributed by atoms with Crippen LogP contribution in [0.1, 0.15) is 23.7 Å². The molecule has 0 saturated carbocycles. The Balaban J connectivity index is 1.74. The van der Waals surface area contributed by atoms with Gasteiger partial charge >= 0.3 is 0 Å². The first-order valence-electron chi connectivity index (χ1n) is 7.72. The molecule has 0 spiro atoms. The summed E-state index contributed by atoms with van der Waals surface area (Å²) in [5, 5.41) is 3.15. The van der Waals surface area contributed by atoms with Crippen molar-refractivity contribution in [1.29, 1.82) is 0 Å². The molecule has 1 aliphatic heterocycles. The summed E-state index contributed by atoms with van der Waals surface area (Å²) >= 11 is 0. The third-order valence-electron chi connectivity index (χ3n) is 4.28. The Morgan fingerprint density at radius 3 is 3.00 bits per heavy atom. The molecular formula is C17H21N5O. The number of nitrogens with zero attached hydrogens (tertiary/aromatic N) is 3. The van der Waals surface area contributed by atoms with E-state index in [9.17, 15) is 4.79 Å². The van der Waals surface area contributed by atoms with Gasteiger partial charge in [0.1, 0.15) is 5.82 Å². The van der Waals surface area contributed by atoms with Crippen LogP contribution in [0.2, 0.25) is 0 Å². The van der Waals surface area contributed by atoms with Crippen LogP contribution in [0, 0.1) is 5.41 Å². The van der Waals surface area contributed by atoms with Crippen LogP contribution in [0.15, 0.2) is 42.9 Å². The number of hydrogen-bond donors (Lipinski definition) is 2. The summed E-state index contributed by atoms with van der Waals surface area (Å²) in [5.41, 5.74) is 7.33. The Morgan fingerprint density at radius 2 is 2.30 bits per heavy atom. The van der Waals surface area contributed by atoms with Crippen molar-refractivity contribution in [2.45, 2.75) is 13.3 Å². The Hall–Kier alpha value is -2.47. The average molecular weight is 311 g/mol. The van der Waals surface area contributed by atoms with Gasteiger partial charge in [-0.15, -0.1) is 0 Å². The lowest BCUT2D eigenvalue weighted by atomic mass is 9.90. The summed E-state index contributed by atoms with van der Waals surface area (Å²) in [6.45, 7) is 4.20. The molecule has 3 N–H and O–H groups in total. The molecule has 2 aromatic rings. The van der Waals surface area contributed by atoms with E-state index < -0.39 is 0 Å². The molecule has 6 heteroatoms. The second-order valence-corrected chi connectivity index (χ2v) is 6.29. The molecule has 3 rings (SSSR count). The van der Waals surface area contributed by atoms with Gasteiger partial charge in [0.2, 0.25) is 0 Å². The first-order chi connectivity index (χ1) is 11.1. The molecule has 1 atom stereocenters. The largest absolute Gasteiger partial charge is 0.339 e. The van der Waals surface area contributed by atoms with E-state index in [1.54, 1.807) is 18.6 Å². The highest BCUT2D eigenvalue weighted by Crippen LogP contribution is 2.29. The molecule has 0 aliphatic carbocycles. The van der Waals surface area contributed by atoms with Gasteiger partial charge in [-0.1, -0.05) is 13.0 Å². The number of rotatable bonds is 4. The molecule has 120 valence electrons. The number of benzene rings is 1. The Morgan fingerprint density at radius 1 is 1.43 bits per heavy atom. The van der Waals surface area contributed by atoms with Crippen LogP contribution in [0.25, 0.3) is 0 Å². The van der Waals surface area contributed by atoms with Crippen molar-refractivity contribution >= 4 is 17.4 Å². The van der Waals surface area contributed by atoms with E-state index in [2.05, 4.69) is 22.2 Å². The Bertz CT molecular complexity index is 690. The summed E-state index contributed by atoms with van der Waals surface area (Å²) in [4.78, 5) is 22.8. The Kier molecular flexibility index (Phi) is 4.25. The highest BCUT2D eigenvalue weighted by Gasteiger charge is 2.35. The molecule has 0 radical (unpaired) electrons. The van der Waals surface area contributed by atoms with E-state index >= 15 is 0 Å². The molecule has 1 unspecified atom stereocenters. The minimum Gasteiger partial charge on any atom is -0.339 e. The van der Waals surface area contributed by atoms with Gasteiger partial charge in [-0.05, 0) is 36.6 Å². The molecule has 1 aliphatic rings. The zero-order valence-corrected chi connectivity index (χ0v) is 13.2. The fourth-order valence-electron chi connectivity index (χ4n) is 2.79. The summed E-state index contributed by atoms with van der Waals surface area (Å²) < 4.78 is 0. The van der Waals surface area contributed by atoms with E-state index in [1.807, 2.05) is 29.2 Å². The molecule has 6 nitrogen and oxygen atoms in total. The lowest BCUT2D eigenvalue weighted by Gasteiger charge is -2.22. The minimum atomic E-state index is 0.0329. The summed E-state index contributed by atoms with van der Waals surface area (Å²) in [5.74, 6) is 0.693. The van der Waals surface area contributed by atoms with Crippen LogP contribution in [0.4, 0.5) is 11.5 Å². The first-order valence-corrected chi connectivity index (χ1v) is 7.72. The monoisotopic (exact) mass is 311 g/mol. The van der Waals surface area contributed by atoms with Crippen molar-refractivity contribution in [3.05, 3.63) is 48.4 Å². The molecule has 1 amide bonds. The SMILES string of the molecule is CC1(CN)CCN(C(=O)c2cccc(Nc3cnccn3)c2)C1. The van der Waals surface area contributed by atoms with Gasteiger partial charge in [0.15, 0.2) is 0 Å². The van der Waals surface area contributed by atoms with Gasteiger partial charge in [-0.2, -0.15) is 0 Å². The number of aromatic nitrogens is 2. The zero-order chi connectivity index (χ0) is 16.3. The quantitative estimate of drug-likeness (QED) is 0.902. The molecular weight excluding hydrogens is 290 g/mol. The summed E-state index contributed by atoms with van der Waals surface area (Å²) in [7, 11) is 0. The fourth-order valence-corrected chi connectivity index (χ4v) is 2.79. The molecule has 1 aromatic heterocycles. The average Bonchev–Trinajstić information content (AvgIpc) is 2.98. The molecule has 1 fully saturated rings. The third-order valence-corrected chi connectivity index (χ3v) is 4.28. The first kappa shape index (κ1) is 15.4. The molecule has 1 saturated heterocycles. The van der Waals surface area contributed by atoms with Crippen molar-refractivity contribution in [3.63, 3.8) is 0 Å². The molecule has 0 bridgehead atoms. The van der Waals surface area contributed by atoms with Crippen molar-refractivity contribution in [2.75, 3.05) is 25.0 Å². The summed E-state index contributed by atoms with van der Waals surface area (Å²) in [6, 6.07) is 7.45. The maximum absolute atomic E-state index is 12.7. The lowest BCUT2D eigenvalue weighted by Crippen LogP contribution is -2.34. The van der Waals surface area contributed by atoms with Gasteiger partial charge < -0.3 is 16.0 Å². The van der Waals surface area contributed by atoms with E-state index in [1.165, 1.54) is 0 Å². The molecule has 2 heterocycles. The number of carbonyl (C=O) groups is 1. The van der Waals surface area contributed by atoms with Gasteiger partial charge in [-0.3, -0.25) is 9.78 Å². The fraction of sp³-hybridized carbons (Fsp3) is 0.353. The van der Waals surface area contributed by atoms with Crippen LogP contribution in [0.5, 0.6) is 0 Å². The van der Waals surface area contributed by atoms with E-state index in [-0.39, 0.29) is 11.3 Å². The van der Waals surface area contributed by atoms with Gasteiger partial charge in [-0.25, -0.2) is 4.98 Å². The van der Waals surface area contributed by atoms with Crippen LogP contribution in [-0.4, -0.2) is 40.4 Å². The topological polar surface area (TPSA) is 84.1 Å². The van der Waals surface area contributed by atoms with Gasteiger partial charge in [0.05, 0.1) is 6.20 Å². The van der Waals surface area contributed by atoms with E-state index in [0.717, 1.165) is 18.7 Å². The maximum atomic E-state index is 12.7. The summed E-state index contributed by atoms with van der Waals surface area (Å²) in [6.07, 6.45) is 5.83. The highest BCUT2D eigenvalue weighted by atomic mass is 16.2. The zero-order valence-electron chi connectivity index (χ0n) is 13.2. The van der Waals surface area contributed by atoms with Crippen LogP contribution < -0.4 is 11.1 Å². The standard InChI is InChI=1S/C17H21N5O/c1-17(11-18)5-8-22(12-17)16(23)13-3-2-4-14(9-13)21-15-10-19-6-7-20-15/h2-4,6-7,9-10H,5,8,11-12,18H2,1H3,(H,20,21). The van der Waals surface area contributed by atoms with Crippen molar-refractivity contribution in [1.82, 2.24) is 14.9 Å². The highest BCUT2D eigenvalue weighted by molar-refractivity contribution is 5.95. The smallest absolute Gasteiger partial charge is 0.253 e. The number of nitrogens with one attached hydrogen (secondary N) is 1.